The van der Waals surface area contributed by atoms with Crippen molar-refractivity contribution in [1.82, 2.24) is 9.80 Å². The van der Waals surface area contributed by atoms with Gasteiger partial charge in [-0.3, -0.25) is 9.80 Å². The molecule has 3 nitrogen and oxygen atoms in total. The standard InChI is InChI=1S/C14H28N2O/c1-13(2,3)16-8-11(7-14(16,4)5)15(6)12-9-17-10-12/h11-12H,7-10H2,1-6H3/t11-/m0/s1. The first-order valence-electron chi connectivity index (χ1n) is 6.79. The van der Waals surface area contributed by atoms with Gasteiger partial charge in [0.2, 0.25) is 0 Å². The summed E-state index contributed by atoms with van der Waals surface area (Å²) in [5.74, 6) is 0. The Morgan fingerprint density at radius 2 is 1.76 bits per heavy atom. The summed E-state index contributed by atoms with van der Waals surface area (Å²) >= 11 is 0. The Morgan fingerprint density at radius 3 is 2.12 bits per heavy atom. The summed E-state index contributed by atoms with van der Waals surface area (Å²) in [6, 6.07) is 1.33. The average molecular weight is 240 g/mol. The van der Waals surface area contributed by atoms with Gasteiger partial charge in [0.05, 0.1) is 19.3 Å². The molecule has 2 saturated heterocycles. The van der Waals surface area contributed by atoms with Gasteiger partial charge in [0, 0.05) is 23.7 Å². The minimum Gasteiger partial charge on any atom is -0.378 e. The summed E-state index contributed by atoms with van der Waals surface area (Å²) in [6.45, 7) is 14.7. The van der Waals surface area contributed by atoms with Gasteiger partial charge in [-0.05, 0) is 48.1 Å². The lowest BCUT2D eigenvalue weighted by Crippen LogP contribution is -2.53. The van der Waals surface area contributed by atoms with E-state index in [2.05, 4.69) is 51.5 Å². The van der Waals surface area contributed by atoms with Crippen LogP contribution in [0.1, 0.15) is 41.0 Å². The van der Waals surface area contributed by atoms with E-state index in [1.165, 1.54) is 13.0 Å². The van der Waals surface area contributed by atoms with Crippen molar-refractivity contribution in [2.45, 2.75) is 64.2 Å². The molecule has 0 amide bonds. The normalized spacial score (nSPS) is 30.9. The first-order valence-corrected chi connectivity index (χ1v) is 6.79. The maximum atomic E-state index is 5.31. The van der Waals surface area contributed by atoms with E-state index in [4.69, 9.17) is 4.74 Å². The summed E-state index contributed by atoms with van der Waals surface area (Å²) in [6.07, 6.45) is 1.26. The second-order valence-corrected chi connectivity index (χ2v) is 7.31. The Morgan fingerprint density at radius 1 is 1.18 bits per heavy atom. The Bertz CT molecular complexity index is 278. The van der Waals surface area contributed by atoms with E-state index in [1.807, 2.05) is 0 Å². The number of hydrogen-bond acceptors (Lipinski definition) is 3. The van der Waals surface area contributed by atoms with Crippen molar-refractivity contribution in [2.24, 2.45) is 0 Å². The fourth-order valence-corrected chi connectivity index (χ4v) is 3.42. The summed E-state index contributed by atoms with van der Waals surface area (Å²) < 4.78 is 5.31. The van der Waals surface area contributed by atoms with E-state index in [9.17, 15) is 0 Å². The van der Waals surface area contributed by atoms with Crippen LogP contribution in [-0.2, 0) is 4.74 Å². The summed E-state index contributed by atoms with van der Waals surface area (Å²) in [5, 5.41) is 0. The molecule has 0 N–H and O–H groups in total. The third-order valence-electron chi connectivity index (χ3n) is 4.44. The van der Waals surface area contributed by atoms with E-state index in [0.29, 0.717) is 17.6 Å². The number of nitrogens with zero attached hydrogens (tertiary/aromatic N) is 2. The molecule has 0 bridgehead atoms. The second kappa shape index (κ2) is 4.22. The van der Waals surface area contributed by atoms with Gasteiger partial charge >= 0.3 is 0 Å². The van der Waals surface area contributed by atoms with Crippen LogP contribution in [0.5, 0.6) is 0 Å². The molecule has 2 aliphatic rings. The largest absolute Gasteiger partial charge is 0.378 e. The van der Waals surface area contributed by atoms with Gasteiger partial charge in [0.1, 0.15) is 0 Å². The van der Waals surface area contributed by atoms with Crippen molar-refractivity contribution in [3.05, 3.63) is 0 Å². The van der Waals surface area contributed by atoms with Gasteiger partial charge in [0.15, 0.2) is 0 Å². The quantitative estimate of drug-likeness (QED) is 0.734. The number of likely N-dealkylation sites (N-methyl/N-ethyl adjacent to an activating group) is 1. The van der Waals surface area contributed by atoms with Crippen LogP contribution in [0.3, 0.4) is 0 Å². The third kappa shape index (κ3) is 2.51. The Kier molecular flexibility index (Phi) is 3.30. The van der Waals surface area contributed by atoms with Crippen LogP contribution in [0.25, 0.3) is 0 Å². The van der Waals surface area contributed by atoms with Crippen LogP contribution in [0.4, 0.5) is 0 Å². The minimum atomic E-state index is 0.259. The molecule has 1 atom stereocenters. The highest BCUT2D eigenvalue weighted by molar-refractivity contribution is 5.02. The van der Waals surface area contributed by atoms with E-state index < -0.39 is 0 Å². The van der Waals surface area contributed by atoms with Crippen molar-refractivity contribution < 1.29 is 4.74 Å². The Hall–Kier alpha value is -0.120. The van der Waals surface area contributed by atoms with Crippen molar-refractivity contribution in [1.29, 1.82) is 0 Å². The maximum Gasteiger partial charge on any atom is 0.0645 e. The highest BCUT2D eigenvalue weighted by atomic mass is 16.5. The van der Waals surface area contributed by atoms with Gasteiger partial charge < -0.3 is 4.74 Å². The van der Waals surface area contributed by atoms with Crippen LogP contribution >= 0.6 is 0 Å². The van der Waals surface area contributed by atoms with Gasteiger partial charge in [-0.2, -0.15) is 0 Å². The summed E-state index contributed by atoms with van der Waals surface area (Å²) in [4.78, 5) is 5.19. The molecule has 17 heavy (non-hydrogen) atoms. The number of likely N-dealkylation sites (tertiary alicyclic amines) is 1. The molecule has 2 aliphatic heterocycles. The molecular formula is C14H28N2O. The molecule has 0 spiro atoms. The van der Waals surface area contributed by atoms with E-state index >= 15 is 0 Å². The van der Waals surface area contributed by atoms with Gasteiger partial charge in [-0.15, -0.1) is 0 Å². The van der Waals surface area contributed by atoms with E-state index in [0.717, 1.165) is 13.2 Å². The molecule has 2 rings (SSSR count). The fraction of sp³-hybridized carbons (Fsp3) is 1.00. The predicted octanol–water partition coefficient (Wildman–Crippen LogP) is 1.97. The van der Waals surface area contributed by atoms with E-state index in [-0.39, 0.29) is 5.54 Å². The lowest BCUT2D eigenvalue weighted by molar-refractivity contribution is -0.0685. The maximum absolute atomic E-state index is 5.31. The van der Waals surface area contributed by atoms with Crippen molar-refractivity contribution >= 4 is 0 Å². The Balaban J connectivity index is 2.04. The number of rotatable bonds is 2. The number of ether oxygens (including phenoxy) is 1. The molecule has 0 unspecified atom stereocenters. The molecule has 3 heteroatoms. The SMILES string of the molecule is CN(C1COC1)[C@@H]1CN(C(C)(C)C)C(C)(C)C1. The van der Waals surface area contributed by atoms with Crippen molar-refractivity contribution in [3.63, 3.8) is 0 Å². The van der Waals surface area contributed by atoms with Crippen LogP contribution in [-0.4, -0.2) is 59.8 Å². The molecule has 2 heterocycles. The molecule has 0 aromatic heterocycles. The van der Waals surface area contributed by atoms with E-state index in [1.54, 1.807) is 0 Å². The zero-order chi connectivity index (χ0) is 12.8. The zero-order valence-corrected chi connectivity index (χ0v) is 12.3. The highest BCUT2D eigenvalue weighted by Gasteiger charge is 2.46. The average Bonchev–Trinajstić information content (AvgIpc) is 2.37. The van der Waals surface area contributed by atoms with Gasteiger partial charge in [0.25, 0.3) is 0 Å². The highest BCUT2D eigenvalue weighted by Crippen LogP contribution is 2.37. The topological polar surface area (TPSA) is 15.7 Å². The lowest BCUT2D eigenvalue weighted by atomic mass is 9.95. The number of hydrogen-bond donors (Lipinski definition) is 0. The van der Waals surface area contributed by atoms with Crippen molar-refractivity contribution in [3.8, 4) is 0 Å². The Labute approximate surface area is 106 Å². The molecule has 0 aromatic carbocycles. The minimum absolute atomic E-state index is 0.259. The molecule has 0 aromatic rings. The molecule has 0 saturated carbocycles. The van der Waals surface area contributed by atoms with Crippen molar-refractivity contribution in [2.75, 3.05) is 26.8 Å². The van der Waals surface area contributed by atoms with Crippen LogP contribution in [0.15, 0.2) is 0 Å². The zero-order valence-electron chi connectivity index (χ0n) is 12.3. The van der Waals surface area contributed by atoms with Gasteiger partial charge in [-0.1, -0.05) is 0 Å². The molecule has 0 aliphatic carbocycles. The fourth-order valence-electron chi connectivity index (χ4n) is 3.42. The monoisotopic (exact) mass is 240 g/mol. The first kappa shape index (κ1) is 13.3. The summed E-state index contributed by atoms with van der Waals surface area (Å²) in [7, 11) is 2.26. The molecule has 0 radical (unpaired) electrons. The second-order valence-electron chi connectivity index (χ2n) is 7.31. The lowest BCUT2D eigenvalue weighted by Gasteiger charge is -2.42. The van der Waals surface area contributed by atoms with Crippen LogP contribution in [0.2, 0.25) is 0 Å². The molecular weight excluding hydrogens is 212 g/mol. The third-order valence-corrected chi connectivity index (χ3v) is 4.44. The molecule has 2 fully saturated rings. The van der Waals surface area contributed by atoms with Gasteiger partial charge in [-0.25, -0.2) is 0 Å². The summed E-state index contributed by atoms with van der Waals surface area (Å²) in [5.41, 5.74) is 0.566. The smallest absolute Gasteiger partial charge is 0.0645 e. The van der Waals surface area contributed by atoms with Crippen LogP contribution in [0, 0.1) is 0 Å². The molecule has 100 valence electrons. The van der Waals surface area contributed by atoms with Crippen LogP contribution < -0.4 is 0 Å². The first-order chi connectivity index (χ1) is 7.72. The predicted molar refractivity (Wildman–Crippen MR) is 71.3 cm³/mol.